The van der Waals surface area contributed by atoms with Gasteiger partial charge in [-0.3, -0.25) is 29.1 Å². The van der Waals surface area contributed by atoms with Gasteiger partial charge in [0.1, 0.15) is 46.5 Å². The number of hydrogen-bond donors (Lipinski definition) is 6. The fourth-order valence-corrected chi connectivity index (χ4v) is 8.35. The van der Waals surface area contributed by atoms with Gasteiger partial charge in [0.25, 0.3) is 11.6 Å². The zero-order chi connectivity index (χ0) is 58.9. The van der Waals surface area contributed by atoms with E-state index >= 15 is 0 Å². The Bertz CT molecular complexity index is 2770. The third-order valence-corrected chi connectivity index (χ3v) is 12.7. The second-order valence-electron chi connectivity index (χ2n) is 17.3. The van der Waals surface area contributed by atoms with Gasteiger partial charge < -0.3 is 56.1 Å². The number of rotatable bonds is 18. The summed E-state index contributed by atoms with van der Waals surface area (Å²) in [6.45, 7) is 16.8. The number of nitrogens with zero attached hydrogens (tertiary/aromatic N) is 6. The molecular formula is C51H68Cl5N10O11P. The maximum atomic E-state index is 12.2. The number of carboxylic acids is 1. The number of carbonyl (C=O) groups is 3. The molecule has 2 heterocycles. The summed E-state index contributed by atoms with van der Waals surface area (Å²) in [4.78, 5) is 67.3. The molecule has 4 atom stereocenters. The molecular weight excluding hydrogens is 1140 g/mol. The molecule has 5 aromatic rings. The number of carboxylic acid groups (broad SMARTS) is 1. The summed E-state index contributed by atoms with van der Waals surface area (Å²) in [5.41, 5.74) is 14.3. The number of benzene rings is 4. The predicted molar refractivity (Wildman–Crippen MR) is 312 cm³/mol. The molecule has 6 rings (SSSR count). The normalized spacial score (nSPS) is 13.8. The number of nitrogens with two attached hydrogens (primary N) is 2. The first-order chi connectivity index (χ1) is 36.7. The monoisotopic (exact) mass is 1200 g/mol. The molecule has 4 unspecified atom stereocenters. The summed E-state index contributed by atoms with van der Waals surface area (Å²) in [5, 5.41) is 25.2. The molecule has 0 spiro atoms. The Morgan fingerprint density at radius 2 is 1.62 bits per heavy atom. The first kappa shape index (κ1) is 68.4. The van der Waals surface area contributed by atoms with Crippen molar-refractivity contribution < 1.29 is 48.1 Å². The summed E-state index contributed by atoms with van der Waals surface area (Å²) >= 11 is 28.7. The second kappa shape index (κ2) is 34.3. The molecule has 78 heavy (non-hydrogen) atoms. The number of amides is 2. The van der Waals surface area contributed by atoms with Crippen LogP contribution in [0.25, 0.3) is 0 Å². The van der Waals surface area contributed by atoms with Crippen LogP contribution in [0.2, 0.25) is 10.3 Å². The molecule has 0 saturated carbocycles. The lowest BCUT2D eigenvalue weighted by molar-refractivity contribution is -0.383. The summed E-state index contributed by atoms with van der Waals surface area (Å²) in [6, 6.07) is 24.2. The van der Waals surface area contributed by atoms with Crippen molar-refractivity contribution in [2.24, 2.45) is 5.73 Å². The number of nitrogens with one attached hydrogen (secondary N) is 2. The third-order valence-electron chi connectivity index (χ3n) is 10.5. The Kier molecular flexibility index (Phi) is 30.1. The number of anilines is 5. The number of halogens is 5. The van der Waals surface area contributed by atoms with Crippen LogP contribution in [-0.4, -0.2) is 122 Å². The van der Waals surface area contributed by atoms with E-state index in [-0.39, 0.29) is 75.8 Å². The fraction of sp³-hybridized carbons (Fsp3) is 0.412. The fourth-order valence-electron chi connectivity index (χ4n) is 6.89. The summed E-state index contributed by atoms with van der Waals surface area (Å²) in [7, 11) is -1.47. The zero-order valence-electron chi connectivity index (χ0n) is 44.7. The molecule has 8 N–H and O–H groups in total. The topological polar surface area (TPSA) is 301 Å². The highest BCUT2D eigenvalue weighted by Gasteiger charge is 2.32. The molecule has 428 valence electrons. The Labute approximate surface area is 479 Å². The van der Waals surface area contributed by atoms with Gasteiger partial charge in [0.05, 0.1) is 35.0 Å². The van der Waals surface area contributed by atoms with E-state index in [1.165, 1.54) is 18.8 Å². The van der Waals surface area contributed by atoms with Crippen molar-refractivity contribution in [3.63, 3.8) is 0 Å². The van der Waals surface area contributed by atoms with Gasteiger partial charge in [-0.15, -0.1) is 11.6 Å². The number of hydrogen-bond acceptors (Lipinski definition) is 16. The van der Waals surface area contributed by atoms with Crippen LogP contribution in [0.3, 0.4) is 0 Å². The van der Waals surface area contributed by atoms with Gasteiger partial charge in [-0.05, 0) is 107 Å². The number of aromatic nitrogens is 3. The van der Waals surface area contributed by atoms with E-state index in [0.717, 1.165) is 35.5 Å². The Morgan fingerprint density at radius 3 is 2.17 bits per heavy atom. The lowest BCUT2D eigenvalue weighted by atomic mass is 10.0. The van der Waals surface area contributed by atoms with Crippen LogP contribution >= 0.6 is 65.4 Å². The van der Waals surface area contributed by atoms with E-state index in [1.54, 1.807) is 41.2 Å². The number of nitrogen functional groups attached to an aromatic ring is 1. The molecule has 4 aromatic carbocycles. The van der Waals surface area contributed by atoms with Crippen LogP contribution in [0, 0.1) is 17.0 Å². The summed E-state index contributed by atoms with van der Waals surface area (Å²) in [6.07, 6.45) is 0.878. The van der Waals surface area contributed by atoms with Crippen LogP contribution < -0.4 is 41.4 Å². The predicted octanol–water partition coefficient (Wildman–Crippen LogP) is 10.9. The van der Waals surface area contributed by atoms with Gasteiger partial charge in [-0.2, -0.15) is 15.0 Å². The van der Waals surface area contributed by atoms with Gasteiger partial charge in [0.2, 0.25) is 23.1 Å². The SMILES string of the molecule is CC1COc2ccccc2N1C(=O)C(Cl)Cl.CCNc1nc(Cl)nc(NC(C)C)n1.CCc1cccc(C)c1N(C(=O)CCl)C(C)COC.CP(=O)(O)CCC(N)C(=O)O.Nc1c([N+](=O)[O-])ccc(Oc2ccccc2)c1Cl. The van der Waals surface area contributed by atoms with Gasteiger partial charge in [0.15, 0.2) is 12.2 Å². The van der Waals surface area contributed by atoms with Crippen LogP contribution in [0.1, 0.15) is 59.1 Å². The van der Waals surface area contributed by atoms with Crippen LogP contribution in [0.15, 0.2) is 84.9 Å². The second-order valence-corrected chi connectivity index (χ2v) is 22.0. The molecule has 0 bridgehead atoms. The average Bonchev–Trinajstić information content (AvgIpc) is 3.38. The van der Waals surface area contributed by atoms with E-state index in [1.807, 2.05) is 84.0 Å². The third kappa shape index (κ3) is 22.9. The van der Waals surface area contributed by atoms with Crippen molar-refractivity contribution >= 4 is 118 Å². The molecule has 27 heteroatoms. The molecule has 0 saturated heterocycles. The van der Waals surface area contributed by atoms with E-state index in [0.29, 0.717) is 36.6 Å². The Balaban J connectivity index is 0.000000337. The Hall–Kier alpha value is -5.74. The molecule has 1 aromatic heterocycles. The van der Waals surface area contributed by atoms with Crippen molar-refractivity contribution in [3.05, 3.63) is 116 Å². The van der Waals surface area contributed by atoms with Gasteiger partial charge in [-0.25, -0.2) is 0 Å². The molecule has 0 aliphatic carbocycles. The minimum Gasteiger partial charge on any atom is -0.489 e. The van der Waals surface area contributed by atoms with E-state index in [2.05, 4.69) is 38.6 Å². The molecule has 21 nitrogen and oxygen atoms in total. The number of aryl methyl sites for hydroxylation is 2. The van der Waals surface area contributed by atoms with Crippen molar-refractivity contribution in [1.29, 1.82) is 0 Å². The number of nitro benzene ring substituents is 1. The van der Waals surface area contributed by atoms with Crippen molar-refractivity contribution in [1.82, 2.24) is 15.0 Å². The highest BCUT2D eigenvalue weighted by Crippen LogP contribution is 2.39. The lowest BCUT2D eigenvalue weighted by Crippen LogP contribution is -2.47. The number of para-hydroxylation sites is 4. The van der Waals surface area contributed by atoms with E-state index in [4.69, 9.17) is 93.7 Å². The number of alkyl halides is 3. The average molecular weight is 1210 g/mol. The lowest BCUT2D eigenvalue weighted by Gasteiger charge is -2.35. The zero-order valence-corrected chi connectivity index (χ0v) is 49.3. The van der Waals surface area contributed by atoms with Gasteiger partial charge >= 0.3 is 5.97 Å². The van der Waals surface area contributed by atoms with Crippen LogP contribution in [-0.2, 0) is 30.1 Å². The Morgan fingerprint density at radius 1 is 0.987 bits per heavy atom. The first-order valence-corrected chi connectivity index (χ1v) is 28.6. The number of ether oxygens (including phenoxy) is 3. The number of methoxy groups -OCH3 is 1. The highest BCUT2D eigenvalue weighted by molar-refractivity contribution is 7.57. The van der Waals surface area contributed by atoms with E-state index in [9.17, 15) is 29.1 Å². The molecule has 1 aliphatic rings. The van der Waals surface area contributed by atoms with Gasteiger partial charge in [0, 0.05) is 38.6 Å². The number of carbonyl (C=O) groups excluding carboxylic acids is 2. The van der Waals surface area contributed by atoms with Crippen LogP contribution in [0.4, 0.5) is 34.6 Å². The number of fused-ring (bicyclic) bond motifs is 1. The smallest absolute Gasteiger partial charge is 0.320 e. The van der Waals surface area contributed by atoms with Crippen molar-refractivity contribution in [2.45, 2.75) is 90.3 Å². The molecule has 1 aliphatic heterocycles. The number of nitro groups is 1. The highest BCUT2D eigenvalue weighted by atomic mass is 35.5. The van der Waals surface area contributed by atoms with Crippen molar-refractivity contribution in [2.75, 3.05) is 71.7 Å². The minimum absolute atomic E-state index is 0.0223. The molecule has 0 radical (unpaired) electrons. The largest absolute Gasteiger partial charge is 0.489 e. The standard InChI is InChI=1S/C15H22ClNO2.C12H9ClN2O3.C11H11Cl2NO2.C8H14ClN5.C5H12NO4P/c1-5-13-8-6-7-11(2)15(13)17(14(18)9-16)12(3)10-19-4;13-11-10(18-8-4-2-1-3-5-8)7-6-9(12(11)14)15(16)17;1-7-6-16-9-5-3-2-4-8(9)14(7)11(15)10(12)13;1-4-10-7-12-6(9)13-8(14-7)11-5(2)3;1-11(9,10)3-2-4(6)5(7)8/h6-8,12H,5,9-10H2,1-4H3;1-7H,14H2;2-5,7,10H,6H2,1H3;5H,4H2,1-3H3,(H2,10,11,12,13,14);4H,2-3,6H2,1H3,(H,7,8)(H,9,10). The van der Waals surface area contributed by atoms with E-state index < -0.39 is 29.1 Å². The molecule has 0 fully saturated rings. The van der Waals surface area contributed by atoms with Gasteiger partial charge in [-0.1, -0.05) is 90.3 Å². The number of aliphatic carboxylic acids is 1. The summed E-state index contributed by atoms with van der Waals surface area (Å²) < 4.78 is 26.8. The van der Waals surface area contributed by atoms with Crippen molar-refractivity contribution in [3.8, 4) is 17.2 Å². The first-order valence-electron chi connectivity index (χ1n) is 24.1. The summed E-state index contributed by atoms with van der Waals surface area (Å²) in [5.74, 6) is 0.972. The van der Waals surface area contributed by atoms with Crippen LogP contribution in [0.5, 0.6) is 17.2 Å². The molecule has 2 amide bonds. The minimum atomic E-state index is -3.10. The maximum Gasteiger partial charge on any atom is 0.320 e. The quantitative estimate of drug-likeness (QED) is 0.0156. The maximum absolute atomic E-state index is 12.2.